The largest absolute Gasteiger partial charge is 0.389 e. The molecule has 1 aliphatic rings. The van der Waals surface area contributed by atoms with E-state index >= 15 is 0 Å². The van der Waals surface area contributed by atoms with Gasteiger partial charge >= 0.3 is 0 Å². The molecule has 1 fully saturated rings. The first kappa shape index (κ1) is 19.9. The number of aliphatic hydroxyl groups is 1. The van der Waals surface area contributed by atoms with E-state index in [1.165, 1.54) is 11.8 Å². The van der Waals surface area contributed by atoms with Gasteiger partial charge in [-0.3, -0.25) is 4.98 Å². The van der Waals surface area contributed by atoms with Crippen molar-refractivity contribution in [3.05, 3.63) is 53.0 Å². The van der Waals surface area contributed by atoms with Crippen LogP contribution in [0.3, 0.4) is 0 Å². The first-order chi connectivity index (χ1) is 14.0. The van der Waals surface area contributed by atoms with Crippen molar-refractivity contribution in [2.45, 2.75) is 36.4 Å². The van der Waals surface area contributed by atoms with E-state index in [0.717, 1.165) is 45.1 Å². The number of hydrogen-bond acceptors (Lipinski definition) is 6. The molecule has 0 aromatic carbocycles. The average Bonchev–Trinajstić information content (AvgIpc) is 3.00. The molecule has 150 valence electrons. The zero-order valence-corrected chi connectivity index (χ0v) is 17.9. The Labute approximate surface area is 178 Å². The standard InChI is InChI=1S/C21H22ClN5OS/c1-4-6-7-16-12(3)8-14(9-23-16)29-21-25-19-17(18(22)15(5-2)24-19)20(26-21)27-10-13(28)11-27/h4,6-9,13,28H,1,5,10-11H2,2-3H3,(H,24,25,26)/b7-6-. The van der Waals surface area contributed by atoms with Crippen LogP contribution >= 0.6 is 23.4 Å². The second-order valence-corrected chi connectivity index (χ2v) is 8.37. The monoisotopic (exact) mass is 427 g/mol. The number of aromatic amines is 1. The van der Waals surface area contributed by atoms with Crippen LogP contribution in [-0.4, -0.2) is 44.2 Å². The smallest absolute Gasteiger partial charge is 0.196 e. The minimum absolute atomic E-state index is 0.331. The van der Waals surface area contributed by atoms with Crippen molar-refractivity contribution in [3.8, 4) is 0 Å². The lowest BCUT2D eigenvalue weighted by atomic mass is 10.1. The maximum Gasteiger partial charge on any atom is 0.196 e. The van der Waals surface area contributed by atoms with Gasteiger partial charge in [0.1, 0.15) is 11.5 Å². The highest BCUT2D eigenvalue weighted by molar-refractivity contribution is 7.99. The molecule has 0 bridgehead atoms. The van der Waals surface area contributed by atoms with Crippen LogP contribution in [0.2, 0.25) is 5.02 Å². The van der Waals surface area contributed by atoms with Crippen LogP contribution in [0.1, 0.15) is 23.9 Å². The summed E-state index contributed by atoms with van der Waals surface area (Å²) in [5.41, 5.74) is 3.63. The van der Waals surface area contributed by atoms with Gasteiger partial charge in [-0.25, -0.2) is 9.97 Å². The topological polar surface area (TPSA) is 77.9 Å². The minimum atomic E-state index is -0.331. The number of pyridine rings is 1. The van der Waals surface area contributed by atoms with E-state index in [-0.39, 0.29) is 6.10 Å². The Kier molecular flexibility index (Phi) is 5.63. The van der Waals surface area contributed by atoms with E-state index in [4.69, 9.17) is 16.6 Å². The number of anilines is 1. The van der Waals surface area contributed by atoms with Crippen LogP contribution in [-0.2, 0) is 6.42 Å². The van der Waals surface area contributed by atoms with E-state index in [1.54, 1.807) is 6.08 Å². The van der Waals surface area contributed by atoms with Crippen LogP contribution < -0.4 is 4.90 Å². The number of hydrogen-bond donors (Lipinski definition) is 2. The van der Waals surface area contributed by atoms with Crippen molar-refractivity contribution in [3.63, 3.8) is 0 Å². The number of nitrogens with zero attached hydrogens (tertiary/aromatic N) is 4. The lowest BCUT2D eigenvalue weighted by Crippen LogP contribution is -2.51. The fourth-order valence-electron chi connectivity index (χ4n) is 3.27. The van der Waals surface area contributed by atoms with Crippen LogP contribution in [0.5, 0.6) is 0 Å². The van der Waals surface area contributed by atoms with Crippen molar-refractivity contribution in [2.24, 2.45) is 0 Å². The molecule has 3 aromatic rings. The normalized spacial score (nSPS) is 14.7. The summed E-state index contributed by atoms with van der Waals surface area (Å²) in [7, 11) is 0. The highest BCUT2D eigenvalue weighted by atomic mass is 35.5. The fourth-order valence-corrected chi connectivity index (χ4v) is 4.45. The van der Waals surface area contributed by atoms with Crippen molar-refractivity contribution < 1.29 is 5.11 Å². The summed E-state index contributed by atoms with van der Waals surface area (Å²) in [6.45, 7) is 8.85. The molecule has 0 aliphatic carbocycles. The molecule has 0 saturated carbocycles. The molecule has 0 amide bonds. The highest BCUT2D eigenvalue weighted by Crippen LogP contribution is 2.38. The van der Waals surface area contributed by atoms with Gasteiger partial charge in [-0.15, -0.1) is 0 Å². The van der Waals surface area contributed by atoms with Gasteiger partial charge in [0, 0.05) is 29.9 Å². The molecule has 8 heteroatoms. The number of H-pyrrole nitrogens is 1. The summed E-state index contributed by atoms with van der Waals surface area (Å²) >= 11 is 8.04. The molecular formula is C21H22ClN5OS. The van der Waals surface area contributed by atoms with Gasteiger partial charge in [-0.1, -0.05) is 37.3 Å². The number of aromatic nitrogens is 4. The molecule has 0 atom stereocenters. The van der Waals surface area contributed by atoms with Crippen LogP contribution in [0.4, 0.5) is 5.82 Å². The fraction of sp³-hybridized carbons (Fsp3) is 0.286. The molecule has 0 spiro atoms. The van der Waals surface area contributed by atoms with E-state index in [9.17, 15) is 5.11 Å². The Bertz CT molecular complexity index is 1100. The number of aliphatic hydroxyl groups excluding tert-OH is 1. The first-order valence-electron chi connectivity index (χ1n) is 9.44. The van der Waals surface area contributed by atoms with Crippen LogP contribution in [0.15, 0.2) is 41.0 Å². The highest BCUT2D eigenvalue weighted by Gasteiger charge is 2.29. The van der Waals surface area contributed by atoms with Crippen molar-refractivity contribution in [1.82, 2.24) is 19.9 Å². The van der Waals surface area contributed by atoms with Crippen molar-refractivity contribution >= 4 is 46.3 Å². The first-order valence-corrected chi connectivity index (χ1v) is 10.6. The van der Waals surface area contributed by atoms with E-state index in [2.05, 4.69) is 27.6 Å². The summed E-state index contributed by atoms with van der Waals surface area (Å²) in [6.07, 6.45) is 7.80. The Morgan fingerprint density at radius 2 is 2.21 bits per heavy atom. The molecule has 6 nitrogen and oxygen atoms in total. The minimum Gasteiger partial charge on any atom is -0.389 e. The Balaban J connectivity index is 1.71. The molecule has 4 heterocycles. The predicted octanol–water partition coefficient (Wildman–Crippen LogP) is 4.41. The zero-order valence-electron chi connectivity index (χ0n) is 16.3. The van der Waals surface area contributed by atoms with Gasteiger partial charge in [0.15, 0.2) is 5.16 Å². The van der Waals surface area contributed by atoms with E-state index < -0.39 is 0 Å². The number of β-amino-alcohol motifs (C(OH)–C–C–N with tert-alkyl or cyclic N) is 1. The van der Waals surface area contributed by atoms with E-state index in [1.807, 2.05) is 37.1 Å². The number of nitrogens with one attached hydrogen (secondary N) is 1. The molecule has 0 unspecified atom stereocenters. The molecule has 29 heavy (non-hydrogen) atoms. The maximum absolute atomic E-state index is 9.74. The number of fused-ring (bicyclic) bond motifs is 1. The summed E-state index contributed by atoms with van der Waals surface area (Å²) < 4.78 is 0. The third kappa shape index (κ3) is 3.90. The van der Waals surface area contributed by atoms with Gasteiger partial charge in [-0.05, 0) is 42.8 Å². The lowest BCUT2D eigenvalue weighted by Gasteiger charge is -2.37. The summed E-state index contributed by atoms with van der Waals surface area (Å²) in [4.78, 5) is 20.3. The average molecular weight is 428 g/mol. The van der Waals surface area contributed by atoms with Crippen LogP contribution in [0, 0.1) is 6.92 Å². The summed E-state index contributed by atoms with van der Waals surface area (Å²) in [5.74, 6) is 0.763. The molecule has 1 aliphatic heterocycles. The summed E-state index contributed by atoms with van der Waals surface area (Å²) in [5, 5.41) is 11.8. The SMILES string of the molecule is C=C/C=C\c1ncc(Sc2nc(N3CC(O)C3)c3c(Cl)c(CC)[nH]c3n2)cc1C. The third-order valence-electron chi connectivity index (χ3n) is 4.83. The van der Waals surface area contributed by atoms with Crippen LogP contribution in [0.25, 0.3) is 17.1 Å². The number of aryl methyl sites for hydroxylation is 2. The molecule has 1 saturated heterocycles. The van der Waals surface area contributed by atoms with Gasteiger partial charge in [0.2, 0.25) is 0 Å². The maximum atomic E-state index is 9.74. The zero-order chi connectivity index (χ0) is 20.5. The molecule has 3 aromatic heterocycles. The molecule has 2 N–H and O–H groups in total. The molecule has 0 radical (unpaired) electrons. The van der Waals surface area contributed by atoms with Gasteiger partial charge in [0.25, 0.3) is 0 Å². The predicted molar refractivity (Wildman–Crippen MR) is 119 cm³/mol. The molecule has 4 rings (SSSR count). The Morgan fingerprint density at radius 1 is 1.41 bits per heavy atom. The second-order valence-electron chi connectivity index (χ2n) is 6.95. The van der Waals surface area contributed by atoms with Crippen molar-refractivity contribution in [1.29, 1.82) is 0 Å². The van der Waals surface area contributed by atoms with Gasteiger partial charge < -0.3 is 15.0 Å². The third-order valence-corrected chi connectivity index (χ3v) is 6.07. The van der Waals surface area contributed by atoms with Crippen molar-refractivity contribution in [2.75, 3.05) is 18.0 Å². The number of allylic oxidation sites excluding steroid dienone is 2. The van der Waals surface area contributed by atoms with E-state index in [0.29, 0.717) is 23.3 Å². The lowest BCUT2D eigenvalue weighted by molar-refractivity contribution is 0.141. The Hall–Kier alpha value is -2.35. The Morgan fingerprint density at radius 3 is 2.86 bits per heavy atom. The van der Waals surface area contributed by atoms with Gasteiger partial charge in [0.05, 0.1) is 22.2 Å². The quantitative estimate of drug-likeness (QED) is 0.448. The second kappa shape index (κ2) is 8.18. The number of halogens is 1. The van der Waals surface area contributed by atoms with Gasteiger partial charge in [-0.2, -0.15) is 0 Å². The number of rotatable bonds is 6. The summed E-state index contributed by atoms with van der Waals surface area (Å²) in [6, 6.07) is 2.07. The molecular weight excluding hydrogens is 406 g/mol.